The number of hydrogen-bond donors (Lipinski definition) is 2. The molecule has 0 radical (unpaired) electrons. The Hall–Kier alpha value is -0.420. The van der Waals surface area contributed by atoms with E-state index in [1.54, 1.807) is 11.8 Å². The number of thioether (sulfide) groups is 1. The first-order chi connectivity index (χ1) is 9.11. The molecule has 0 heterocycles. The molecule has 0 aliphatic carbocycles. The summed E-state index contributed by atoms with van der Waals surface area (Å²) in [7, 11) is 0. The summed E-state index contributed by atoms with van der Waals surface area (Å²) in [5.74, 6) is 1.36. The minimum absolute atomic E-state index is 0. The van der Waals surface area contributed by atoms with Crippen LogP contribution in [0.4, 0.5) is 0 Å². The molecule has 1 atom stereocenters. The Kier molecular flexibility index (Phi) is 11.0. The van der Waals surface area contributed by atoms with Gasteiger partial charge in [-0.25, -0.2) is 0 Å². The van der Waals surface area contributed by atoms with Crippen LogP contribution in [0.25, 0.3) is 0 Å². The van der Waals surface area contributed by atoms with Gasteiger partial charge in [0.1, 0.15) is 0 Å². The van der Waals surface area contributed by atoms with Crippen molar-refractivity contribution in [2.45, 2.75) is 25.6 Å². The number of hydrogen-bond acceptors (Lipinski definition) is 3. The third-order valence-corrected chi connectivity index (χ3v) is 3.79. The molecule has 1 rings (SSSR count). The Labute approximate surface area is 136 Å². The second-order valence-electron chi connectivity index (χ2n) is 4.39. The first-order valence-corrected chi connectivity index (χ1v) is 7.97. The summed E-state index contributed by atoms with van der Waals surface area (Å²) in [4.78, 5) is 11.6. The summed E-state index contributed by atoms with van der Waals surface area (Å²) in [5.41, 5.74) is 1.14. The second kappa shape index (κ2) is 11.3. The summed E-state index contributed by atoms with van der Waals surface area (Å²) < 4.78 is 0. The Morgan fingerprint density at radius 2 is 2.20 bits per heavy atom. The van der Waals surface area contributed by atoms with E-state index in [0.29, 0.717) is 18.3 Å². The average Bonchev–Trinajstić information content (AvgIpc) is 2.37. The molecule has 0 aliphatic heterocycles. The first kappa shape index (κ1) is 19.6. The van der Waals surface area contributed by atoms with Crippen LogP contribution >= 0.6 is 35.8 Å². The fourth-order valence-electron chi connectivity index (χ4n) is 1.63. The predicted octanol–water partition coefficient (Wildman–Crippen LogP) is 3.11. The number of benzene rings is 1. The molecule has 1 aromatic rings. The van der Waals surface area contributed by atoms with E-state index in [9.17, 15) is 4.79 Å². The van der Waals surface area contributed by atoms with Crippen molar-refractivity contribution in [1.82, 2.24) is 10.6 Å². The number of rotatable bonds is 8. The standard InChI is InChI=1S/C14H21ClN2OS.ClH/c1-3-16-11(2)8-17-14(18)10-19-9-12-5-4-6-13(15)7-12;/h4-7,11,16H,3,8-10H2,1-2H3,(H,17,18);1H/t11-;/m1./s1. The van der Waals surface area contributed by atoms with Crippen LogP contribution in [0.2, 0.25) is 5.02 Å². The lowest BCUT2D eigenvalue weighted by atomic mass is 10.2. The Morgan fingerprint density at radius 1 is 1.45 bits per heavy atom. The van der Waals surface area contributed by atoms with E-state index in [1.807, 2.05) is 24.3 Å². The molecule has 0 spiro atoms. The fraction of sp³-hybridized carbons (Fsp3) is 0.500. The Balaban J connectivity index is 0.00000361. The molecule has 20 heavy (non-hydrogen) atoms. The molecular formula is C14H22Cl2N2OS. The van der Waals surface area contributed by atoms with Crippen molar-refractivity contribution in [3.63, 3.8) is 0 Å². The van der Waals surface area contributed by atoms with Crippen LogP contribution in [0.5, 0.6) is 0 Å². The minimum Gasteiger partial charge on any atom is -0.354 e. The van der Waals surface area contributed by atoms with Gasteiger partial charge >= 0.3 is 0 Å². The largest absolute Gasteiger partial charge is 0.354 e. The molecule has 0 bridgehead atoms. The molecule has 114 valence electrons. The Morgan fingerprint density at radius 3 is 2.85 bits per heavy atom. The number of halogens is 2. The lowest BCUT2D eigenvalue weighted by Crippen LogP contribution is -2.39. The lowest BCUT2D eigenvalue weighted by molar-refractivity contribution is -0.118. The maximum Gasteiger partial charge on any atom is 0.230 e. The van der Waals surface area contributed by atoms with Gasteiger partial charge in [-0.05, 0) is 31.2 Å². The minimum atomic E-state index is 0. The number of carbonyl (C=O) groups excluding carboxylic acids is 1. The molecule has 0 aromatic heterocycles. The lowest BCUT2D eigenvalue weighted by Gasteiger charge is -2.13. The van der Waals surface area contributed by atoms with Crippen molar-refractivity contribution < 1.29 is 4.79 Å². The maximum absolute atomic E-state index is 11.6. The topological polar surface area (TPSA) is 41.1 Å². The van der Waals surface area contributed by atoms with Gasteiger partial charge in [-0.2, -0.15) is 0 Å². The van der Waals surface area contributed by atoms with Crippen molar-refractivity contribution in [1.29, 1.82) is 0 Å². The Bertz CT molecular complexity index is 405. The average molecular weight is 337 g/mol. The van der Waals surface area contributed by atoms with Gasteiger partial charge in [0.2, 0.25) is 5.91 Å². The molecule has 0 fully saturated rings. The highest BCUT2D eigenvalue weighted by atomic mass is 35.5. The van der Waals surface area contributed by atoms with Crippen LogP contribution in [0.1, 0.15) is 19.4 Å². The number of carbonyl (C=O) groups is 1. The molecule has 0 unspecified atom stereocenters. The van der Waals surface area contributed by atoms with Crippen molar-refractivity contribution in [3.05, 3.63) is 34.9 Å². The summed E-state index contributed by atoms with van der Waals surface area (Å²) in [6, 6.07) is 8.04. The van der Waals surface area contributed by atoms with E-state index in [1.165, 1.54) is 0 Å². The SMILES string of the molecule is CCN[C@H](C)CNC(=O)CSCc1cccc(Cl)c1.Cl. The first-order valence-electron chi connectivity index (χ1n) is 6.44. The molecule has 0 saturated heterocycles. The van der Waals surface area contributed by atoms with Crippen molar-refractivity contribution in [2.24, 2.45) is 0 Å². The summed E-state index contributed by atoms with van der Waals surface area (Å²) in [6.07, 6.45) is 0. The quantitative estimate of drug-likeness (QED) is 0.766. The zero-order chi connectivity index (χ0) is 14.1. The van der Waals surface area contributed by atoms with Crippen molar-refractivity contribution in [3.8, 4) is 0 Å². The van der Waals surface area contributed by atoms with Gasteiger partial charge in [0, 0.05) is 23.4 Å². The zero-order valence-electron chi connectivity index (χ0n) is 11.8. The van der Waals surface area contributed by atoms with Gasteiger partial charge in [0.05, 0.1) is 5.75 Å². The van der Waals surface area contributed by atoms with Gasteiger partial charge in [-0.3, -0.25) is 4.79 Å². The van der Waals surface area contributed by atoms with Gasteiger partial charge in [0.25, 0.3) is 0 Å². The monoisotopic (exact) mass is 336 g/mol. The van der Waals surface area contributed by atoms with Gasteiger partial charge < -0.3 is 10.6 Å². The summed E-state index contributed by atoms with van der Waals surface area (Å²) in [5, 5.41) is 6.91. The van der Waals surface area contributed by atoms with Gasteiger partial charge in [-0.1, -0.05) is 30.7 Å². The molecular weight excluding hydrogens is 315 g/mol. The van der Waals surface area contributed by atoms with Crippen LogP contribution < -0.4 is 10.6 Å². The highest BCUT2D eigenvalue weighted by molar-refractivity contribution is 7.99. The molecule has 2 N–H and O–H groups in total. The van der Waals surface area contributed by atoms with Crippen LogP contribution in [0.3, 0.4) is 0 Å². The summed E-state index contributed by atoms with van der Waals surface area (Å²) >= 11 is 7.50. The molecule has 0 aliphatic rings. The second-order valence-corrected chi connectivity index (χ2v) is 5.81. The van der Waals surface area contributed by atoms with E-state index in [-0.39, 0.29) is 18.3 Å². The molecule has 1 amide bonds. The zero-order valence-corrected chi connectivity index (χ0v) is 14.2. The normalized spacial score (nSPS) is 11.6. The predicted molar refractivity (Wildman–Crippen MR) is 91.0 cm³/mol. The van der Waals surface area contributed by atoms with Crippen molar-refractivity contribution >= 4 is 41.7 Å². The van der Waals surface area contributed by atoms with E-state index in [2.05, 4.69) is 24.5 Å². The highest BCUT2D eigenvalue weighted by Gasteiger charge is 2.04. The van der Waals surface area contributed by atoms with Gasteiger partial charge in [-0.15, -0.1) is 24.2 Å². The van der Waals surface area contributed by atoms with E-state index < -0.39 is 0 Å². The van der Waals surface area contributed by atoms with E-state index >= 15 is 0 Å². The highest BCUT2D eigenvalue weighted by Crippen LogP contribution is 2.16. The molecule has 1 aromatic carbocycles. The molecule has 3 nitrogen and oxygen atoms in total. The number of nitrogens with one attached hydrogen (secondary N) is 2. The smallest absolute Gasteiger partial charge is 0.230 e. The van der Waals surface area contributed by atoms with E-state index in [0.717, 1.165) is 22.9 Å². The van der Waals surface area contributed by atoms with Crippen molar-refractivity contribution in [2.75, 3.05) is 18.8 Å². The third-order valence-electron chi connectivity index (χ3n) is 2.55. The van der Waals surface area contributed by atoms with Crippen LogP contribution in [0.15, 0.2) is 24.3 Å². The van der Waals surface area contributed by atoms with Crippen LogP contribution in [-0.4, -0.2) is 30.8 Å². The van der Waals surface area contributed by atoms with Crippen LogP contribution in [-0.2, 0) is 10.5 Å². The summed E-state index contributed by atoms with van der Waals surface area (Å²) in [6.45, 7) is 5.70. The molecule has 0 saturated carbocycles. The fourth-order valence-corrected chi connectivity index (χ4v) is 2.64. The maximum atomic E-state index is 11.6. The number of likely N-dealkylation sites (N-methyl/N-ethyl adjacent to an activating group) is 1. The van der Waals surface area contributed by atoms with Crippen LogP contribution in [0, 0.1) is 0 Å². The van der Waals surface area contributed by atoms with E-state index in [4.69, 9.17) is 11.6 Å². The molecule has 6 heteroatoms. The van der Waals surface area contributed by atoms with Gasteiger partial charge in [0.15, 0.2) is 0 Å². The third kappa shape index (κ3) is 8.69. The number of amides is 1.